The SMILES string of the molecule is COCOc1cc(-c2ccc3c(N4CC5CCC(C4)N5)nc(C)nc3c2C)c2ccccc2c1. The first kappa shape index (κ1) is 21.3. The smallest absolute Gasteiger partial charge is 0.188 e. The van der Waals surface area contributed by atoms with E-state index in [0.29, 0.717) is 12.1 Å². The maximum absolute atomic E-state index is 5.84. The maximum atomic E-state index is 5.84. The van der Waals surface area contributed by atoms with Gasteiger partial charge in [-0.1, -0.05) is 30.3 Å². The molecule has 2 aliphatic heterocycles. The fourth-order valence-corrected chi connectivity index (χ4v) is 5.64. The van der Waals surface area contributed by atoms with Crippen LogP contribution in [0.3, 0.4) is 0 Å². The van der Waals surface area contributed by atoms with Crippen LogP contribution in [0.1, 0.15) is 24.2 Å². The van der Waals surface area contributed by atoms with Gasteiger partial charge in [-0.25, -0.2) is 9.97 Å². The van der Waals surface area contributed by atoms with Gasteiger partial charge < -0.3 is 19.7 Å². The van der Waals surface area contributed by atoms with E-state index in [4.69, 9.17) is 19.4 Å². The summed E-state index contributed by atoms with van der Waals surface area (Å²) in [6, 6.07) is 18.2. The second-order valence-corrected chi connectivity index (χ2v) is 9.51. The average molecular weight is 455 g/mol. The molecule has 0 spiro atoms. The van der Waals surface area contributed by atoms with Crippen LogP contribution in [-0.4, -0.2) is 49.0 Å². The number of methoxy groups -OCH3 is 1. The third kappa shape index (κ3) is 3.67. The predicted molar refractivity (Wildman–Crippen MR) is 137 cm³/mol. The molecule has 2 aliphatic rings. The molecule has 1 aromatic heterocycles. The van der Waals surface area contributed by atoms with Gasteiger partial charge in [0, 0.05) is 37.7 Å². The number of aryl methyl sites for hydroxylation is 2. The lowest BCUT2D eigenvalue weighted by Gasteiger charge is -2.34. The number of fused-ring (bicyclic) bond motifs is 4. The van der Waals surface area contributed by atoms with Crippen molar-refractivity contribution >= 4 is 27.5 Å². The summed E-state index contributed by atoms with van der Waals surface area (Å²) < 4.78 is 11.0. The van der Waals surface area contributed by atoms with E-state index in [-0.39, 0.29) is 6.79 Å². The average Bonchev–Trinajstić information content (AvgIpc) is 3.19. The molecule has 4 aromatic rings. The molecule has 6 nitrogen and oxygen atoms in total. The van der Waals surface area contributed by atoms with E-state index in [1.807, 2.05) is 6.92 Å². The first-order valence-corrected chi connectivity index (χ1v) is 12.0. The van der Waals surface area contributed by atoms with E-state index in [1.165, 1.54) is 18.2 Å². The van der Waals surface area contributed by atoms with E-state index in [2.05, 4.69) is 65.7 Å². The Hall–Kier alpha value is -3.22. The van der Waals surface area contributed by atoms with E-state index in [9.17, 15) is 0 Å². The molecule has 0 saturated carbocycles. The Labute approximate surface area is 199 Å². The van der Waals surface area contributed by atoms with Crippen LogP contribution < -0.4 is 15.0 Å². The van der Waals surface area contributed by atoms with Gasteiger partial charge in [0.25, 0.3) is 0 Å². The van der Waals surface area contributed by atoms with Crippen LogP contribution in [0, 0.1) is 13.8 Å². The standard InChI is InChI=1S/C28H30N4O2/c1-17-23(26-13-22(34-16-33-3)12-19-6-4-5-7-24(19)26)10-11-25-27(17)29-18(2)30-28(25)32-14-20-8-9-21(15-32)31-20/h4-7,10-13,20-21,31H,8-9,14-16H2,1-3H3. The summed E-state index contributed by atoms with van der Waals surface area (Å²) in [6.07, 6.45) is 2.50. The molecule has 34 heavy (non-hydrogen) atoms. The monoisotopic (exact) mass is 454 g/mol. The van der Waals surface area contributed by atoms with Crippen LogP contribution in [-0.2, 0) is 4.74 Å². The van der Waals surface area contributed by atoms with Gasteiger partial charge >= 0.3 is 0 Å². The highest BCUT2D eigenvalue weighted by Gasteiger charge is 2.33. The van der Waals surface area contributed by atoms with Gasteiger partial charge in [-0.3, -0.25) is 0 Å². The minimum Gasteiger partial charge on any atom is -0.468 e. The quantitative estimate of drug-likeness (QED) is 0.429. The molecule has 6 heteroatoms. The van der Waals surface area contributed by atoms with E-state index >= 15 is 0 Å². The lowest BCUT2D eigenvalue weighted by Crippen LogP contribution is -2.51. The summed E-state index contributed by atoms with van der Waals surface area (Å²) in [5, 5.41) is 7.19. The molecule has 3 heterocycles. The normalized spacial score (nSPS) is 19.8. The number of nitrogens with zero attached hydrogens (tertiary/aromatic N) is 3. The molecule has 2 fully saturated rings. The number of benzene rings is 3. The summed E-state index contributed by atoms with van der Waals surface area (Å²) in [6.45, 7) is 6.41. The Balaban J connectivity index is 1.51. The summed E-state index contributed by atoms with van der Waals surface area (Å²) in [5.41, 5.74) is 4.49. The number of hydrogen-bond acceptors (Lipinski definition) is 6. The fraction of sp³-hybridized carbons (Fsp3) is 0.357. The van der Waals surface area contributed by atoms with E-state index in [0.717, 1.165) is 63.5 Å². The van der Waals surface area contributed by atoms with Crippen molar-refractivity contribution in [1.29, 1.82) is 0 Å². The zero-order valence-electron chi connectivity index (χ0n) is 20.0. The van der Waals surface area contributed by atoms with Gasteiger partial charge in [-0.2, -0.15) is 0 Å². The van der Waals surface area contributed by atoms with Crippen molar-refractivity contribution < 1.29 is 9.47 Å². The molecular weight excluding hydrogens is 424 g/mol. The molecule has 0 radical (unpaired) electrons. The Morgan fingerprint density at radius 1 is 0.941 bits per heavy atom. The number of rotatable bonds is 5. The number of nitrogens with one attached hydrogen (secondary N) is 1. The second kappa shape index (κ2) is 8.53. The molecule has 3 aromatic carbocycles. The second-order valence-electron chi connectivity index (χ2n) is 9.51. The third-order valence-electron chi connectivity index (χ3n) is 7.20. The molecule has 174 valence electrons. The lowest BCUT2D eigenvalue weighted by atomic mass is 9.93. The summed E-state index contributed by atoms with van der Waals surface area (Å²) in [5.74, 6) is 2.68. The van der Waals surface area contributed by atoms with Gasteiger partial charge in [-0.15, -0.1) is 0 Å². The minimum absolute atomic E-state index is 0.219. The third-order valence-corrected chi connectivity index (χ3v) is 7.20. The zero-order chi connectivity index (χ0) is 23.2. The minimum atomic E-state index is 0.219. The van der Waals surface area contributed by atoms with Crippen molar-refractivity contribution in [2.45, 2.75) is 38.8 Å². The van der Waals surface area contributed by atoms with Crippen molar-refractivity contribution in [3.8, 4) is 16.9 Å². The Morgan fingerprint density at radius 3 is 2.53 bits per heavy atom. The predicted octanol–water partition coefficient (Wildman–Crippen LogP) is 4.99. The number of anilines is 1. The number of ether oxygens (including phenoxy) is 2. The molecule has 2 bridgehead atoms. The number of piperazine rings is 1. The highest BCUT2D eigenvalue weighted by Crippen LogP contribution is 2.39. The lowest BCUT2D eigenvalue weighted by molar-refractivity contribution is 0.0512. The van der Waals surface area contributed by atoms with Gasteiger partial charge in [0.2, 0.25) is 0 Å². The first-order chi connectivity index (χ1) is 16.6. The van der Waals surface area contributed by atoms with E-state index < -0.39 is 0 Å². The van der Waals surface area contributed by atoms with Crippen molar-refractivity contribution in [2.24, 2.45) is 0 Å². The molecule has 0 aliphatic carbocycles. The first-order valence-electron chi connectivity index (χ1n) is 12.0. The number of hydrogen-bond donors (Lipinski definition) is 1. The molecule has 1 N–H and O–H groups in total. The molecule has 2 unspecified atom stereocenters. The maximum Gasteiger partial charge on any atom is 0.188 e. The summed E-state index contributed by atoms with van der Waals surface area (Å²) in [7, 11) is 1.64. The largest absolute Gasteiger partial charge is 0.468 e. The molecule has 2 atom stereocenters. The molecule has 2 saturated heterocycles. The summed E-state index contributed by atoms with van der Waals surface area (Å²) in [4.78, 5) is 12.3. The highest BCUT2D eigenvalue weighted by atomic mass is 16.7. The van der Waals surface area contributed by atoms with Crippen LogP contribution in [0.5, 0.6) is 5.75 Å². The van der Waals surface area contributed by atoms with Crippen molar-refractivity contribution in [3.05, 3.63) is 59.9 Å². The van der Waals surface area contributed by atoms with Crippen molar-refractivity contribution in [2.75, 3.05) is 31.9 Å². The van der Waals surface area contributed by atoms with Gasteiger partial charge in [-0.05, 0) is 72.4 Å². The topological polar surface area (TPSA) is 59.5 Å². The fourth-order valence-electron chi connectivity index (χ4n) is 5.64. The molecular formula is C28H30N4O2. The Bertz CT molecular complexity index is 1370. The van der Waals surface area contributed by atoms with E-state index in [1.54, 1.807) is 7.11 Å². The zero-order valence-corrected chi connectivity index (χ0v) is 20.0. The Morgan fingerprint density at radius 2 is 1.74 bits per heavy atom. The van der Waals surface area contributed by atoms with Crippen molar-refractivity contribution in [1.82, 2.24) is 15.3 Å². The Kier molecular flexibility index (Phi) is 5.35. The van der Waals surface area contributed by atoms with Gasteiger partial charge in [0.05, 0.1) is 5.52 Å². The van der Waals surface area contributed by atoms with Crippen LogP contribution in [0.25, 0.3) is 32.8 Å². The highest BCUT2D eigenvalue weighted by molar-refractivity contribution is 6.02. The van der Waals surface area contributed by atoms with Crippen LogP contribution >= 0.6 is 0 Å². The van der Waals surface area contributed by atoms with Gasteiger partial charge in [0.1, 0.15) is 17.4 Å². The number of aromatic nitrogens is 2. The van der Waals surface area contributed by atoms with Crippen LogP contribution in [0.15, 0.2) is 48.5 Å². The van der Waals surface area contributed by atoms with Crippen molar-refractivity contribution in [3.63, 3.8) is 0 Å². The molecule has 0 amide bonds. The van der Waals surface area contributed by atoms with Crippen LogP contribution in [0.4, 0.5) is 5.82 Å². The van der Waals surface area contributed by atoms with Gasteiger partial charge in [0.15, 0.2) is 6.79 Å². The summed E-state index contributed by atoms with van der Waals surface area (Å²) >= 11 is 0. The molecule has 6 rings (SSSR count). The van der Waals surface area contributed by atoms with Crippen LogP contribution in [0.2, 0.25) is 0 Å².